The van der Waals surface area contributed by atoms with E-state index in [1.54, 1.807) is 11.0 Å². The summed E-state index contributed by atoms with van der Waals surface area (Å²) in [4.78, 5) is 12.9. The highest BCUT2D eigenvalue weighted by molar-refractivity contribution is 5.78. The van der Waals surface area contributed by atoms with Crippen molar-refractivity contribution in [3.8, 4) is 0 Å². The molecule has 74 valence electrons. The average Bonchev–Trinajstić information content (AvgIpc) is 2.12. The van der Waals surface area contributed by atoms with Crippen LogP contribution in [0.1, 0.15) is 6.42 Å². The third kappa shape index (κ3) is 2.82. The Hall–Kier alpha value is -0.870. The molecule has 0 aromatic heterocycles. The number of hydrogen-bond acceptors (Lipinski definition) is 3. The van der Waals surface area contributed by atoms with Crippen LogP contribution in [0.4, 0.5) is 0 Å². The smallest absolute Gasteiger partial charge is 0.248 e. The molecule has 1 heterocycles. The molecule has 0 aromatic carbocycles. The van der Waals surface area contributed by atoms with Gasteiger partial charge < -0.3 is 14.7 Å². The predicted molar refractivity (Wildman–Crippen MR) is 48.2 cm³/mol. The Labute approximate surface area is 77.8 Å². The van der Waals surface area contributed by atoms with Crippen LogP contribution in [0.3, 0.4) is 0 Å². The van der Waals surface area contributed by atoms with Gasteiger partial charge in [-0.15, -0.1) is 6.58 Å². The molecule has 1 N–H and O–H groups in total. The van der Waals surface area contributed by atoms with Gasteiger partial charge in [0.2, 0.25) is 5.91 Å². The summed E-state index contributed by atoms with van der Waals surface area (Å²) in [6, 6.07) is 0. The maximum Gasteiger partial charge on any atom is 0.248 e. The van der Waals surface area contributed by atoms with Crippen molar-refractivity contribution in [2.75, 3.05) is 26.3 Å². The van der Waals surface area contributed by atoms with Crippen molar-refractivity contribution in [3.63, 3.8) is 0 Å². The van der Waals surface area contributed by atoms with E-state index in [0.717, 1.165) is 0 Å². The van der Waals surface area contributed by atoms with Gasteiger partial charge in [0.15, 0.2) is 0 Å². The zero-order chi connectivity index (χ0) is 9.68. The quantitative estimate of drug-likeness (QED) is 0.616. The first kappa shape index (κ1) is 10.2. The van der Waals surface area contributed by atoms with Gasteiger partial charge in [-0.1, -0.05) is 6.08 Å². The lowest BCUT2D eigenvalue weighted by molar-refractivity contribution is -0.148. The number of aliphatic hydroxyl groups excluding tert-OH is 1. The first-order valence-electron chi connectivity index (χ1n) is 4.39. The monoisotopic (exact) mass is 185 g/mol. The fourth-order valence-electron chi connectivity index (χ4n) is 1.33. The molecule has 0 aliphatic carbocycles. The van der Waals surface area contributed by atoms with Crippen LogP contribution in [0.2, 0.25) is 0 Å². The van der Waals surface area contributed by atoms with Crippen LogP contribution in [0.25, 0.3) is 0 Å². The van der Waals surface area contributed by atoms with Gasteiger partial charge in [-0.3, -0.25) is 4.79 Å². The van der Waals surface area contributed by atoms with Crippen LogP contribution < -0.4 is 0 Å². The van der Waals surface area contributed by atoms with Gasteiger partial charge >= 0.3 is 0 Å². The largest absolute Gasteiger partial charge is 0.396 e. The minimum absolute atomic E-state index is 0.00547. The van der Waals surface area contributed by atoms with Gasteiger partial charge in [0.1, 0.15) is 6.61 Å². The second-order valence-electron chi connectivity index (χ2n) is 3.03. The van der Waals surface area contributed by atoms with Crippen molar-refractivity contribution in [1.29, 1.82) is 0 Å². The Kier molecular flexibility index (Phi) is 3.92. The molecule has 1 aliphatic rings. The minimum atomic E-state index is -0.0253. The molecule has 0 aromatic rings. The topological polar surface area (TPSA) is 49.8 Å². The van der Waals surface area contributed by atoms with E-state index < -0.39 is 0 Å². The number of hydrogen-bond donors (Lipinski definition) is 1. The number of nitrogens with zero attached hydrogens (tertiary/aromatic N) is 1. The molecule has 1 rings (SSSR count). The predicted octanol–water partition coefficient (Wildman–Crippen LogP) is -0.218. The number of amides is 1. The Balaban J connectivity index is 2.42. The number of carbonyl (C=O) groups is 1. The second kappa shape index (κ2) is 4.99. The molecule has 1 saturated heterocycles. The molecule has 0 radical (unpaired) electrons. The molecule has 0 bridgehead atoms. The molecule has 1 atom stereocenters. The zero-order valence-electron chi connectivity index (χ0n) is 7.61. The summed E-state index contributed by atoms with van der Waals surface area (Å²) < 4.78 is 5.22. The normalized spacial score (nSPS) is 23.3. The summed E-state index contributed by atoms with van der Waals surface area (Å²) in [6.07, 6.45) is 2.25. The Morgan fingerprint density at radius 2 is 2.54 bits per heavy atom. The van der Waals surface area contributed by atoms with E-state index in [9.17, 15) is 4.79 Å². The zero-order valence-corrected chi connectivity index (χ0v) is 7.61. The van der Waals surface area contributed by atoms with Gasteiger partial charge in [0.05, 0.1) is 6.10 Å². The fraction of sp³-hybridized carbons (Fsp3) is 0.667. The Bertz CT molecular complexity index is 193. The standard InChI is InChI=1S/C9H15NO3/c1-2-4-10-6-8(3-5-11)13-7-9(10)12/h2,8,11H,1,3-7H2. The fourth-order valence-corrected chi connectivity index (χ4v) is 1.33. The van der Waals surface area contributed by atoms with Crippen LogP contribution in [0.5, 0.6) is 0 Å². The first-order chi connectivity index (χ1) is 6.27. The van der Waals surface area contributed by atoms with Crippen molar-refractivity contribution in [2.45, 2.75) is 12.5 Å². The third-order valence-electron chi connectivity index (χ3n) is 2.02. The molecule has 4 nitrogen and oxygen atoms in total. The molecule has 1 amide bonds. The lowest BCUT2D eigenvalue weighted by atomic mass is 10.2. The summed E-state index contributed by atoms with van der Waals surface area (Å²) >= 11 is 0. The van der Waals surface area contributed by atoms with E-state index in [1.165, 1.54) is 0 Å². The molecule has 1 unspecified atom stereocenters. The molecular weight excluding hydrogens is 170 g/mol. The molecule has 1 aliphatic heterocycles. The van der Waals surface area contributed by atoms with Crippen molar-refractivity contribution in [2.24, 2.45) is 0 Å². The van der Waals surface area contributed by atoms with Crippen LogP contribution >= 0.6 is 0 Å². The number of rotatable bonds is 4. The van der Waals surface area contributed by atoms with Crippen molar-refractivity contribution < 1.29 is 14.6 Å². The van der Waals surface area contributed by atoms with Gasteiger partial charge in [-0.25, -0.2) is 0 Å². The van der Waals surface area contributed by atoms with Crippen LogP contribution in [-0.4, -0.2) is 48.3 Å². The lowest BCUT2D eigenvalue weighted by Crippen LogP contribution is -2.46. The van der Waals surface area contributed by atoms with Crippen molar-refractivity contribution >= 4 is 5.91 Å². The third-order valence-corrected chi connectivity index (χ3v) is 2.02. The van der Waals surface area contributed by atoms with E-state index in [2.05, 4.69) is 6.58 Å². The van der Waals surface area contributed by atoms with E-state index in [0.29, 0.717) is 19.5 Å². The molecule has 13 heavy (non-hydrogen) atoms. The number of aliphatic hydroxyl groups is 1. The number of carbonyl (C=O) groups excluding carboxylic acids is 1. The van der Waals surface area contributed by atoms with Gasteiger partial charge in [0.25, 0.3) is 0 Å². The molecule has 4 heteroatoms. The molecule has 0 saturated carbocycles. The van der Waals surface area contributed by atoms with Crippen LogP contribution in [0.15, 0.2) is 12.7 Å². The minimum Gasteiger partial charge on any atom is -0.396 e. The maximum absolute atomic E-state index is 11.2. The highest BCUT2D eigenvalue weighted by atomic mass is 16.5. The number of ether oxygens (including phenoxy) is 1. The molecule has 0 spiro atoms. The van der Waals surface area contributed by atoms with E-state index in [-0.39, 0.29) is 25.2 Å². The molecular formula is C9H15NO3. The van der Waals surface area contributed by atoms with Gasteiger partial charge in [-0.05, 0) is 6.42 Å². The van der Waals surface area contributed by atoms with Gasteiger partial charge in [0, 0.05) is 19.7 Å². The SMILES string of the molecule is C=CCN1CC(CCO)OCC1=O. The number of morpholine rings is 1. The average molecular weight is 185 g/mol. The Morgan fingerprint density at radius 3 is 3.15 bits per heavy atom. The summed E-state index contributed by atoms with van der Waals surface area (Å²) in [7, 11) is 0. The van der Waals surface area contributed by atoms with E-state index in [4.69, 9.17) is 9.84 Å². The van der Waals surface area contributed by atoms with Crippen molar-refractivity contribution in [1.82, 2.24) is 4.90 Å². The highest BCUT2D eigenvalue weighted by Crippen LogP contribution is 2.08. The lowest BCUT2D eigenvalue weighted by Gasteiger charge is -2.31. The van der Waals surface area contributed by atoms with Crippen LogP contribution in [0, 0.1) is 0 Å². The van der Waals surface area contributed by atoms with Crippen molar-refractivity contribution in [3.05, 3.63) is 12.7 Å². The maximum atomic E-state index is 11.2. The van der Waals surface area contributed by atoms with E-state index in [1.807, 2.05) is 0 Å². The Morgan fingerprint density at radius 1 is 1.77 bits per heavy atom. The second-order valence-corrected chi connectivity index (χ2v) is 3.03. The summed E-state index contributed by atoms with van der Waals surface area (Å²) in [6.45, 7) is 4.92. The van der Waals surface area contributed by atoms with Gasteiger partial charge in [-0.2, -0.15) is 0 Å². The summed E-state index contributed by atoms with van der Waals surface area (Å²) in [5, 5.41) is 8.70. The summed E-state index contributed by atoms with van der Waals surface area (Å²) in [5.74, 6) is -0.00547. The highest BCUT2D eigenvalue weighted by Gasteiger charge is 2.24. The van der Waals surface area contributed by atoms with Crippen LogP contribution in [-0.2, 0) is 9.53 Å². The molecule has 1 fully saturated rings. The first-order valence-corrected chi connectivity index (χ1v) is 4.39. The van der Waals surface area contributed by atoms with E-state index >= 15 is 0 Å². The summed E-state index contributed by atoms with van der Waals surface area (Å²) in [5.41, 5.74) is 0.